The van der Waals surface area contributed by atoms with Crippen LogP contribution in [-0.4, -0.2) is 4.57 Å². The van der Waals surface area contributed by atoms with Crippen LogP contribution in [0.1, 0.15) is 0 Å². The molecule has 0 bridgehead atoms. The van der Waals surface area contributed by atoms with Gasteiger partial charge in [-0.05, 0) is 106 Å². The molecule has 3 heterocycles. The highest BCUT2D eigenvalue weighted by atomic mass is 16.3. The summed E-state index contributed by atoms with van der Waals surface area (Å²) in [5, 5.41) is 9.61. The molecule has 3 nitrogen and oxygen atoms in total. The van der Waals surface area contributed by atoms with E-state index in [1.54, 1.807) is 0 Å². The third-order valence-corrected chi connectivity index (χ3v) is 9.91. The van der Waals surface area contributed by atoms with E-state index in [0.29, 0.717) is 0 Å². The maximum atomic E-state index is 6.28. The van der Waals surface area contributed by atoms with Crippen LogP contribution in [0.3, 0.4) is 0 Å². The van der Waals surface area contributed by atoms with Gasteiger partial charge in [-0.25, -0.2) is 0 Å². The van der Waals surface area contributed by atoms with Gasteiger partial charge in [-0.1, -0.05) is 78.9 Å². The monoisotopic (exact) mass is 599 g/mol. The van der Waals surface area contributed by atoms with Crippen molar-refractivity contribution in [2.75, 3.05) is 0 Å². The number of aromatic nitrogens is 1. The van der Waals surface area contributed by atoms with Gasteiger partial charge in [0.2, 0.25) is 0 Å². The number of hydrogen-bond acceptors (Lipinski definition) is 2. The van der Waals surface area contributed by atoms with E-state index in [2.05, 4.69) is 132 Å². The second-order valence-electron chi connectivity index (χ2n) is 12.5. The van der Waals surface area contributed by atoms with E-state index in [1.807, 2.05) is 24.3 Å². The second kappa shape index (κ2) is 9.12. The van der Waals surface area contributed by atoms with Crippen LogP contribution in [-0.2, 0) is 0 Å². The van der Waals surface area contributed by atoms with E-state index in [1.165, 1.54) is 43.7 Å². The number of hydrogen-bond donors (Lipinski definition) is 0. The van der Waals surface area contributed by atoms with Crippen molar-refractivity contribution in [3.05, 3.63) is 152 Å². The van der Waals surface area contributed by atoms with Gasteiger partial charge in [0.05, 0.1) is 11.0 Å². The fraction of sp³-hybridized carbons (Fsp3) is 0. The van der Waals surface area contributed by atoms with Crippen molar-refractivity contribution >= 4 is 76.5 Å². The first-order valence-corrected chi connectivity index (χ1v) is 16.0. The molecular formula is C44H25NO2. The summed E-state index contributed by atoms with van der Waals surface area (Å²) in [4.78, 5) is 0. The van der Waals surface area contributed by atoms with Crippen molar-refractivity contribution in [3.63, 3.8) is 0 Å². The van der Waals surface area contributed by atoms with E-state index in [0.717, 1.165) is 60.7 Å². The topological polar surface area (TPSA) is 31.2 Å². The summed E-state index contributed by atoms with van der Waals surface area (Å²) in [5.41, 5.74) is 11.8. The molecule has 8 aromatic carbocycles. The molecule has 11 rings (SSSR count). The van der Waals surface area contributed by atoms with Crippen LogP contribution in [0.15, 0.2) is 160 Å². The average molecular weight is 600 g/mol. The number of fused-ring (bicyclic) bond motifs is 6. The number of benzene rings is 8. The third-order valence-electron chi connectivity index (χ3n) is 9.91. The van der Waals surface area contributed by atoms with Crippen molar-refractivity contribution in [2.45, 2.75) is 0 Å². The number of para-hydroxylation sites is 3. The standard InChI is InChI=1S/C44H25NO2/c1-2-8-32(9-3-1)45-37-22-30(26-16-18-35-33-10-4-6-12-39(33)46-41(35)24-26)20-28-14-15-29-21-31(23-38(45)44(29)43(28)37)27-17-19-36-34-11-5-7-13-40(34)47-42(36)25-27/h1-25H. The largest absolute Gasteiger partial charge is 0.456 e. The highest BCUT2D eigenvalue weighted by Gasteiger charge is 2.20. The van der Waals surface area contributed by atoms with E-state index in [4.69, 9.17) is 8.83 Å². The Morgan fingerprint density at radius 2 is 0.809 bits per heavy atom. The molecule has 3 heteroatoms. The van der Waals surface area contributed by atoms with Crippen molar-refractivity contribution in [1.29, 1.82) is 0 Å². The third kappa shape index (κ3) is 3.51. The Morgan fingerprint density at radius 3 is 1.34 bits per heavy atom. The van der Waals surface area contributed by atoms with E-state index in [-0.39, 0.29) is 0 Å². The molecule has 0 radical (unpaired) electrons. The van der Waals surface area contributed by atoms with Gasteiger partial charge in [-0.2, -0.15) is 0 Å². The molecule has 0 aliphatic carbocycles. The number of nitrogens with zero attached hydrogens (tertiary/aromatic N) is 1. The molecule has 3 aromatic heterocycles. The molecule has 0 N–H and O–H groups in total. The first-order valence-electron chi connectivity index (χ1n) is 16.0. The molecule has 0 amide bonds. The summed E-state index contributed by atoms with van der Waals surface area (Å²) >= 11 is 0. The van der Waals surface area contributed by atoms with Gasteiger partial charge in [0.25, 0.3) is 0 Å². The number of rotatable bonds is 3. The minimum absolute atomic E-state index is 0.907. The summed E-state index contributed by atoms with van der Waals surface area (Å²) in [6, 6.07) is 54.3. The lowest BCUT2D eigenvalue weighted by Crippen LogP contribution is -1.94. The predicted molar refractivity (Wildman–Crippen MR) is 195 cm³/mol. The van der Waals surface area contributed by atoms with Crippen LogP contribution in [0.25, 0.3) is 104 Å². The van der Waals surface area contributed by atoms with Gasteiger partial charge in [-0.3, -0.25) is 0 Å². The fourth-order valence-electron chi connectivity index (χ4n) is 7.77. The molecule has 0 saturated heterocycles. The van der Waals surface area contributed by atoms with Crippen LogP contribution in [0, 0.1) is 0 Å². The van der Waals surface area contributed by atoms with Crippen molar-refractivity contribution < 1.29 is 8.83 Å². The molecule has 0 aliphatic rings. The molecule has 0 aliphatic heterocycles. The highest BCUT2D eigenvalue weighted by molar-refractivity contribution is 6.26. The van der Waals surface area contributed by atoms with Gasteiger partial charge in [0.15, 0.2) is 0 Å². The molecule has 47 heavy (non-hydrogen) atoms. The van der Waals surface area contributed by atoms with E-state index < -0.39 is 0 Å². The molecule has 0 spiro atoms. The maximum Gasteiger partial charge on any atom is 0.136 e. The quantitative estimate of drug-likeness (QED) is 0.189. The molecule has 0 atom stereocenters. The highest BCUT2D eigenvalue weighted by Crippen LogP contribution is 2.44. The maximum absolute atomic E-state index is 6.28. The first kappa shape index (κ1) is 24.9. The smallest absolute Gasteiger partial charge is 0.136 e. The molecule has 0 fully saturated rings. The lowest BCUT2D eigenvalue weighted by Gasteiger charge is -2.10. The summed E-state index contributed by atoms with van der Waals surface area (Å²) in [5.74, 6) is 0. The minimum atomic E-state index is 0.907. The Morgan fingerprint density at radius 1 is 0.340 bits per heavy atom. The van der Waals surface area contributed by atoms with Gasteiger partial charge in [0.1, 0.15) is 22.3 Å². The molecular weight excluding hydrogens is 574 g/mol. The normalized spacial score (nSPS) is 12.3. The van der Waals surface area contributed by atoms with Crippen molar-refractivity contribution in [2.24, 2.45) is 0 Å². The van der Waals surface area contributed by atoms with Gasteiger partial charge in [-0.15, -0.1) is 0 Å². The van der Waals surface area contributed by atoms with Gasteiger partial charge >= 0.3 is 0 Å². The SMILES string of the molecule is c1ccc(-n2c3cc(-c4ccc5c(c4)oc4ccccc45)cc4ccc5cc(-c6ccc7c(c6)oc6ccccc67)cc2c5c43)cc1. The van der Waals surface area contributed by atoms with E-state index >= 15 is 0 Å². The second-order valence-corrected chi connectivity index (χ2v) is 12.5. The predicted octanol–water partition coefficient (Wildman–Crippen LogP) is 12.5. The Bertz CT molecular complexity index is 2830. The number of furan rings is 2. The van der Waals surface area contributed by atoms with Crippen molar-refractivity contribution in [3.8, 4) is 27.9 Å². The summed E-state index contributed by atoms with van der Waals surface area (Å²) in [6.07, 6.45) is 0. The van der Waals surface area contributed by atoms with Crippen LogP contribution in [0.4, 0.5) is 0 Å². The van der Waals surface area contributed by atoms with Gasteiger partial charge < -0.3 is 13.4 Å². The van der Waals surface area contributed by atoms with Crippen LogP contribution in [0.5, 0.6) is 0 Å². The van der Waals surface area contributed by atoms with Crippen LogP contribution < -0.4 is 0 Å². The molecule has 218 valence electrons. The van der Waals surface area contributed by atoms with Crippen molar-refractivity contribution in [1.82, 2.24) is 4.57 Å². The minimum Gasteiger partial charge on any atom is -0.456 e. The Balaban J connectivity index is 1.17. The Kier molecular flexibility index (Phi) is 4.84. The molecule has 0 saturated carbocycles. The summed E-state index contributed by atoms with van der Waals surface area (Å²) in [7, 11) is 0. The van der Waals surface area contributed by atoms with Gasteiger partial charge in [0, 0.05) is 38.0 Å². The zero-order chi connectivity index (χ0) is 30.6. The zero-order valence-corrected chi connectivity index (χ0v) is 25.2. The molecule has 0 unspecified atom stereocenters. The van der Waals surface area contributed by atoms with Crippen LogP contribution >= 0.6 is 0 Å². The van der Waals surface area contributed by atoms with E-state index in [9.17, 15) is 0 Å². The summed E-state index contributed by atoms with van der Waals surface area (Å²) < 4.78 is 15.0. The summed E-state index contributed by atoms with van der Waals surface area (Å²) in [6.45, 7) is 0. The molecule has 11 aromatic rings. The lowest BCUT2D eigenvalue weighted by molar-refractivity contribution is 0.668. The Labute approximate surface area is 268 Å². The first-order chi connectivity index (χ1) is 23.3. The fourth-order valence-corrected chi connectivity index (χ4v) is 7.77. The average Bonchev–Trinajstić information content (AvgIpc) is 3.79. The lowest BCUT2D eigenvalue weighted by atomic mass is 9.95. The zero-order valence-electron chi connectivity index (χ0n) is 25.2. The Hall–Kier alpha value is -6.32. The van der Waals surface area contributed by atoms with Crippen LogP contribution in [0.2, 0.25) is 0 Å².